The molecule has 1 atom stereocenters. The highest BCUT2D eigenvalue weighted by Crippen LogP contribution is 2.39. The van der Waals surface area contributed by atoms with E-state index in [-0.39, 0.29) is 12.1 Å². The van der Waals surface area contributed by atoms with Crippen LogP contribution >= 0.6 is 0 Å². The minimum atomic E-state index is -3.30. The first-order valence-corrected chi connectivity index (χ1v) is 11.2. The SMILES string of the molecule is CS(=O)(=O)NC1CCCN(C(=O)Nc2cccc(-c3nc(C4CC4)no3)c2)C1. The number of carbonyl (C=O) groups is 1. The van der Waals surface area contributed by atoms with Crippen molar-refractivity contribution in [3.63, 3.8) is 0 Å². The maximum atomic E-state index is 12.6. The van der Waals surface area contributed by atoms with Crippen molar-refractivity contribution in [1.82, 2.24) is 19.8 Å². The van der Waals surface area contributed by atoms with E-state index in [1.807, 2.05) is 12.1 Å². The third-order valence-electron chi connectivity index (χ3n) is 4.83. The Labute approximate surface area is 163 Å². The minimum absolute atomic E-state index is 0.263. The molecule has 1 aromatic heterocycles. The van der Waals surface area contributed by atoms with Crippen LogP contribution in [0.3, 0.4) is 0 Å². The van der Waals surface area contributed by atoms with Crippen molar-refractivity contribution in [2.45, 2.75) is 37.6 Å². The molecule has 1 aromatic carbocycles. The Morgan fingerprint density at radius 2 is 2.11 bits per heavy atom. The van der Waals surface area contributed by atoms with Crippen LogP contribution in [-0.4, -0.2) is 54.9 Å². The maximum absolute atomic E-state index is 12.6. The van der Waals surface area contributed by atoms with E-state index >= 15 is 0 Å². The molecule has 2 N–H and O–H groups in total. The number of amides is 2. The van der Waals surface area contributed by atoms with Crippen LogP contribution < -0.4 is 10.0 Å². The van der Waals surface area contributed by atoms with Crippen LogP contribution in [0.25, 0.3) is 11.5 Å². The third kappa shape index (κ3) is 4.68. The number of carbonyl (C=O) groups excluding carboxylic acids is 1. The molecule has 1 saturated heterocycles. The molecule has 9 nitrogen and oxygen atoms in total. The van der Waals surface area contributed by atoms with Crippen molar-refractivity contribution in [2.75, 3.05) is 24.7 Å². The third-order valence-corrected chi connectivity index (χ3v) is 5.60. The number of nitrogens with zero attached hydrogens (tertiary/aromatic N) is 3. The number of sulfonamides is 1. The summed E-state index contributed by atoms with van der Waals surface area (Å²) in [7, 11) is -3.30. The number of anilines is 1. The molecule has 1 unspecified atom stereocenters. The van der Waals surface area contributed by atoms with Gasteiger partial charge in [-0.3, -0.25) is 0 Å². The summed E-state index contributed by atoms with van der Waals surface area (Å²) in [6.07, 6.45) is 4.78. The number of benzene rings is 1. The van der Waals surface area contributed by atoms with Gasteiger partial charge in [-0.05, 0) is 43.9 Å². The van der Waals surface area contributed by atoms with Crippen molar-refractivity contribution >= 4 is 21.7 Å². The zero-order chi connectivity index (χ0) is 19.7. The topological polar surface area (TPSA) is 117 Å². The summed E-state index contributed by atoms with van der Waals surface area (Å²) in [5.41, 5.74) is 1.36. The lowest BCUT2D eigenvalue weighted by Crippen LogP contribution is -2.50. The van der Waals surface area contributed by atoms with Crippen LogP contribution in [0.4, 0.5) is 10.5 Å². The molecule has 1 aliphatic heterocycles. The second-order valence-corrected chi connectivity index (χ2v) is 9.20. The molecular weight excluding hydrogens is 382 g/mol. The molecule has 150 valence electrons. The van der Waals surface area contributed by atoms with Crippen LogP contribution in [0.1, 0.15) is 37.4 Å². The largest absolute Gasteiger partial charge is 0.334 e. The second kappa shape index (κ2) is 7.51. The molecule has 2 amide bonds. The number of rotatable bonds is 5. The van der Waals surface area contributed by atoms with Gasteiger partial charge in [-0.25, -0.2) is 17.9 Å². The number of aromatic nitrogens is 2. The van der Waals surface area contributed by atoms with Crippen molar-refractivity contribution in [2.24, 2.45) is 0 Å². The predicted octanol–water partition coefficient (Wildman–Crippen LogP) is 2.16. The molecule has 2 aromatic rings. The average Bonchev–Trinajstić information content (AvgIpc) is 3.37. The molecule has 2 fully saturated rings. The van der Waals surface area contributed by atoms with Gasteiger partial charge in [-0.15, -0.1) is 0 Å². The predicted molar refractivity (Wildman–Crippen MR) is 103 cm³/mol. The highest BCUT2D eigenvalue weighted by Gasteiger charge is 2.29. The van der Waals surface area contributed by atoms with Crippen molar-refractivity contribution in [3.05, 3.63) is 30.1 Å². The number of piperidine rings is 1. The normalized spacial score (nSPS) is 20.2. The minimum Gasteiger partial charge on any atom is -0.334 e. The maximum Gasteiger partial charge on any atom is 0.321 e. The van der Waals surface area contributed by atoms with Gasteiger partial charge in [0.15, 0.2) is 5.82 Å². The Hall–Kier alpha value is -2.46. The lowest BCUT2D eigenvalue weighted by Gasteiger charge is -2.32. The Morgan fingerprint density at radius 3 is 2.86 bits per heavy atom. The quantitative estimate of drug-likeness (QED) is 0.787. The molecule has 0 spiro atoms. The molecule has 0 radical (unpaired) electrons. The van der Waals surface area contributed by atoms with Crippen LogP contribution in [0.15, 0.2) is 28.8 Å². The fourth-order valence-electron chi connectivity index (χ4n) is 3.35. The summed E-state index contributed by atoms with van der Waals surface area (Å²) in [6, 6.07) is 6.72. The summed E-state index contributed by atoms with van der Waals surface area (Å²) in [5, 5.41) is 6.89. The van der Waals surface area contributed by atoms with E-state index in [0.717, 1.165) is 36.9 Å². The molecule has 1 saturated carbocycles. The van der Waals surface area contributed by atoms with Gasteiger partial charge in [0.05, 0.1) is 6.26 Å². The lowest BCUT2D eigenvalue weighted by atomic mass is 10.1. The summed E-state index contributed by atoms with van der Waals surface area (Å²) < 4.78 is 30.8. The van der Waals surface area contributed by atoms with Gasteiger partial charge in [0.1, 0.15) is 0 Å². The van der Waals surface area contributed by atoms with Crippen LogP contribution in [0.2, 0.25) is 0 Å². The highest BCUT2D eigenvalue weighted by molar-refractivity contribution is 7.88. The molecule has 1 aliphatic carbocycles. The first-order valence-electron chi connectivity index (χ1n) is 9.35. The van der Waals surface area contributed by atoms with E-state index in [0.29, 0.717) is 37.0 Å². The van der Waals surface area contributed by atoms with Gasteiger partial charge < -0.3 is 14.7 Å². The summed E-state index contributed by atoms with van der Waals surface area (Å²) >= 11 is 0. The van der Waals surface area contributed by atoms with E-state index in [1.165, 1.54) is 0 Å². The molecule has 0 bridgehead atoms. The number of likely N-dealkylation sites (tertiary alicyclic amines) is 1. The zero-order valence-electron chi connectivity index (χ0n) is 15.6. The van der Waals surface area contributed by atoms with Gasteiger partial charge in [-0.2, -0.15) is 4.98 Å². The van der Waals surface area contributed by atoms with Crippen LogP contribution in [0, 0.1) is 0 Å². The average molecular weight is 405 g/mol. The Morgan fingerprint density at radius 1 is 1.29 bits per heavy atom. The molecule has 10 heteroatoms. The fraction of sp³-hybridized carbons (Fsp3) is 0.500. The van der Waals surface area contributed by atoms with Crippen molar-refractivity contribution < 1.29 is 17.7 Å². The molecule has 2 heterocycles. The molecule has 2 aliphatic rings. The van der Waals surface area contributed by atoms with Crippen molar-refractivity contribution in [1.29, 1.82) is 0 Å². The van der Waals surface area contributed by atoms with Gasteiger partial charge in [0.25, 0.3) is 5.89 Å². The van der Waals surface area contributed by atoms with Crippen molar-refractivity contribution in [3.8, 4) is 11.5 Å². The van der Waals surface area contributed by atoms with Crippen LogP contribution in [-0.2, 0) is 10.0 Å². The Balaban J connectivity index is 1.41. The van der Waals surface area contributed by atoms with Gasteiger partial charge in [-0.1, -0.05) is 11.2 Å². The first-order chi connectivity index (χ1) is 13.4. The lowest BCUT2D eigenvalue weighted by molar-refractivity contribution is 0.190. The number of hydrogen-bond acceptors (Lipinski definition) is 6. The number of hydrogen-bond donors (Lipinski definition) is 2. The standard InChI is InChI=1S/C18H23N5O4S/c1-28(25,26)22-15-6-3-9-23(11-15)18(24)19-14-5-2-4-13(10-14)17-20-16(21-27-17)12-7-8-12/h2,4-5,10,12,15,22H,3,6-9,11H2,1H3,(H,19,24). The van der Waals surface area contributed by atoms with Gasteiger partial charge in [0, 0.05) is 36.3 Å². The summed E-state index contributed by atoms with van der Waals surface area (Å²) in [5.74, 6) is 1.59. The van der Waals surface area contributed by atoms with Crippen LogP contribution in [0.5, 0.6) is 0 Å². The highest BCUT2D eigenvalue weighted by atomic mass is 32.2. The number of urea groups is 1. The van der Waals surface area contributed by atoms with Gasteiger partial charge >= 0.3 is 6.03 Å². The first kappa shape index (κ1) is 18.9. The smallest absolute Gasteiger partial charge is 0.321 e. The van der Waals surface area contributed by atoms with E-state index in [1.54, 1.807) is 17.0 Å². The number of nitrogens with one attached hydrogen (secondary N) is 2. The monoisotopic (exact) mass is 405 g/mol. The molecule has 28 heavy (non-hydrogen) atoms. The Kier molecular flexibility index (Phi) is 5.07. The fourth-order valence-corrected chi connectivity index (χ4v) is 4.15. The summed E-state index contributed by atoms with van der Waals surface area (Å²) in [6.45, 7) is 0.925. The Bertz CT molecular complexity index is 970. The second-order valence-electron chi connectivity index (χ2n) is 7.42. The zero-order valence-corrected chi connectivity index (χ0v) is 16.4. The van der Waals surface area contributed by atoms with E-state index in [4.69, 9.17) is 4.52 Å². The molecule has 4 rings (SSSR count). The van der Waals surface area contributed by atoms with Gasteiger partial charge in [0.2, 0.25) is 10.0 Å². The van der Waals surface area contributed by atoms with E-state index in [9.17, 15) is 13.2 Å². The summed E-state index contributed by atoms with van der Waals surface area (Å²) in [4.78, 5) is 18.7. The molecular formula is C18H23N5O4S. The van der Waals surface area contributed by atoms with E-state index < -0.39 is 10.0 Å². The van der Waals surface area contributed by atoms with E-state index in [2.05, 4.69) is 20.2 Å².